The van der Waals surface area contributed by atoms with Gasteiger partial charge >= 0.3 is 0 Å². The van der Waals surface area contributed by atoms with Crippen molar-refractivity contribution in [1.82, 2.24) is 15.1 Å². The van der Waals surface area contributed by atoms with Crippen LogP contribution in [0.1, 0.15) is 34.1 Å². The summed E-state index contributed by atoms with van der Waals surface area (Å²) >= 11 is 1.16. The van der Waals surface area contributed by atoms with Crippen LogP contribution >= 0.6 is 11.9 Å². The third kappa shape index (κ3) is 3.82. The molecule has 9 heteroatoms. The molecule has 0 spiro atoms. The number of amides is 2. The van der Waals surface area contributed by atoms with Crippen molar-refractivity contribution in [2.24, 2.45) is 16.6 Å². The maximum absolute atomic E-state index is 12.1. The van der Waals surface area contributed by atoms with Gasteiger partial charge in [0.25, 0.3) is 5.91 Å². The van der Waals surface area contributed by atoms with E-state index in [0.717, 1.165) is 45.8 Å². The summed E-state index contributed by atoms with van der Waals surface area (Å²) < 4.78 is 1.76. The lowest BCUT2D eigenvalue weighted by atomic mass is 9.98. The van der Waals surface area contributed by atoms with Crippen LogP contribution in [-0.4, -0.2) is 28.1 Å². The number of carbonyl (C=O) groups is 2. The van der Waals surface area contributed by atoms with E-state index >= 15 is 0 Å². The molecule has 0 saturated heterocycles. The molecule has 0 saturated carbocycles. The summed E-state index contributed by atoms with van der Waals surface area (Å²) in [6, 6.07) is 7.60. The van der Waals surface area contributed by atoms with Crippen LogP contribution in [0.15, 0.2) is 64.7 Å². The standard InChI is InChI=1S/C21H22N6O2S/c22-11-18(28)25-14-3-1-12-2-8-17-19(21(23)29)26-27(20(17)13(9-12)10-14)15-4-6-16(30-24)7-5-15/h1,3-7,9-10,13H,2,8,11,22,24H2,(H2,23,29)(H,25,28). The van der Waals surface area contributed by atoms with Crippen molar-refractivity contribution in [3.05, 3.63) is 76.8 Å². The summed E-state index contributed by atoms with van der Waals surface area (Å²) in [4.78, 5) is 24.9. The first-order valence-electron chi connectivity index (χ1n) is 9.49. The Morgan fingerprint density at radius 3 is 2.60 bits per heavy atom. The predicted octanol–water partition coefficient (Wildman–Crippen LogP) is 1.42. The van der Waals surface area contributed by atoms with Crippen LogP contribution in [0, 0.1) is 0 Å². The molecule has 2 aromatic rings. The first kappa shape index (κ1) is 20.1. The van der Waals surface area contributed by atoms with Crippen molar-refractivity contribution in [1.29, 1.82) is 0 Å². The van der Waals surface area contributed by atoms with E-state index in [0.29, 0.717) is 12.1 Å². The molecule has 7 N–H and O–H groups in total. The average molecular weight is 423 g/mol. The maximum Gasteiger partial charge on any atom is 0.269 e. The van der Waals surface area contributed by atoms with E-state index in [-0.39, 0.29) is 24.1 Å². The van der Waals surface area contributed by atoms with Gasteiger partial charge in [-0.05, 0) is 61.2 Å². The second-order valence-electron chi connectivity index (χ2n) is 7.08. The average Bonchev–Trinajstić information content (AvgIpc) is 2.91. The molecule has 1 heterocycles. The predicted molar refractivity (Wildman–Crippen MR) is 116 cm³/mol. The second kappa shape index (κ2) is 8.31. The van der Waals surface area contributed by atoms with Crippen molar-refractivity contribution >= 4 is 23.8 Å². The molecule has 1 atom stereocenters. The Kier molecular flexibility index (Phi) is 5.58. The number of carbonyl (C=O) groups excluding carboxylic acids is 2. The van der Waals surface area contributed by atoms with E-state index in [9.17, 15) is 9.59 Å². The fourth-order valence-corrected chi connectivity index (χ4v) is 4.08. The Morgan fingerprint density at radius 2 is 1.93 bits per heavy atom. The van der Waals surface area contributed by atoms with Gasteiger partial charge < -0.3 is 16.8 Å². The molecule has 30 heavy (non-hydrogen) atoms. The number of nitrogens with one attached hydrogen (secondary N) is 1. The van der Waals surface area contributed by atoms with Gasteiger partial charge in [0, 0.05) is 22.1 Å². The molecular weight excluding hydrogens is 400 g/mol. The Hall–Kier alpha value is -3.14. The molecule has 1 aromatic heterocycles. The van der Waals surface area contributed by atoms with E-state index < -0.39 is 5.91 Å². The number of benzene rings is 1. The number of primary amides is 1. The molecule has 2 amide bonds. The lowest BCUT2D eigenvalue weighted by Gasteiger charge is -2.15. The van der Waals surface area contributed by atoms with Crippen LogP contribution in [0.2, 0.25) is 0 Å². The monoisotopic (exact) mass is 422 g/mol. The highest BCUT2D eigenvalue weighted by Crippen LogP contribution is 2.36. The van der Waals surface area contributed by atoms with E-state index in [1.807, 2.05) is 42.5 Å². The Balaban J connectivity index is 1.87. The topological polar surface area (TPSA) is 142 Å². The molecule has 2 bridgehead atoms. The third-order valence-corrected chi connectivity index (χ3v) is 5.70. The van der Waals surface area contributed by atoms with Crippen molar-refractivity contribution < 1.29 is 9.59 Å². The largest absolute Gasteiger partial charge is 0.364 e. The van der Waals surface area contributed by atoms with Gasteiger partial charge in [0.1, 0.15) is 0 Å². The number of allylic oxidation sites excluding steroid dienone is 5. The van der Waals surface area contributed by atoms with E-state index in [4.69, 9.17) is 16.6 Å². The van der Waals surface area contributed by atoms with Gasteiger partial charge in [-0.1, -0.05) is 17.7 Å². The minimum absolute atomic E-state index is 0.101. The molecule has 2 aliphatic rings. The zero-order valence-electron chi connectivity index (χ0n) is 16.2. The molecule has 1 unspecified atom stereocenters. The molecule has 0 aliphatic heterocycles. The summed E-state index contributed by atoms with van der Waals surface area (Å²) in [7, 11) is 0. The number of fused-ring (bicyclic) bond motifs is 3. The van der Waals surface area contributed by atoms with E-state index in [1.54, 1.807) is 4.68 Å². The van der Waals surface area contributed by atoms with Gasteiger partial charge in [-0.2, -0.15) is 5.10 Å². The van der Waals surface area contributed by atoms with Crippen molar-refractivity contribution in [3.8, 4) is 5.69 Å². The second-order valence-corrected chi connectivity index (χ2v) is 7.78. The number of nitrogens with two attached hydrogens (primary N) is 3. The third-order valence-electron chi connectivity index (χ3n) is 5.15. The Labute approximate surface area is 178 Å². The molecule has 2 aliphatic carbocycles. The molecule has 8 nitrogen and oxygen atoms in total. The van der Waals surface area contributed by atoms with Crippen LogP contribution in [0.3, 0.4) is 0 Å². The van der Waals surface area contributed by atoms with E-state index in [1.165, 1.54) is 0 Å². The molecule has 1 aromatic carbocycles. The van der Waals surface area contributed by atoms with Crippen LogP contribution in [0.25, 0.3) is 5.69 Å². The summed E-state index contributed by atoms with van der Waals surface area (Å²) in [5.41, 5.74) is 15.6. The van der Waals surface area contributed by atoms with Crippen LogP contribution < -0.4 is 21.9 Å². The highest BCUT2D eigenvalue weighted by Gasteiger charge is 2.29. The van der Waals surface area contributed by atoms with Gasteiger partial charge in [-0.25, -0.2) is 4.68 Å². The van der Waals surface area contributed by atoms with Crippen molar-refractivity contribution in [2.75, 3.05) is 6.54 Å². The highest BCUT2D eigenvalue weighted by atomic mass is 32.2. The smallest absolute Gasteiger partial charge is 0.269 e. The Morgan fingerprint density at radius 1 is 1.17 bits per heavy atom. The fourth-order valence-electron chi connectivity index (χ4n) is 3.78. The van der Waals surface area contributed by atoms with Crippen molar-refractivity contribution in [2.45, 2.75) is 23.7 Å². The van der Waals surface area contributed by atoms with Gasteiger partial charge in [0.2, 0.25) is 5.91 Å². The molecule has 154 valence electrons. The quantitative estimate of drug-likeness (QED) is 0.537. The van der Waals surface area contributed by atoms with Crippen LogP contribution in [0.5, 0.6) is 0 Å². The van der Waals surface area contributed by atoms with Gasteiger partial charge in [0.05, 0.1) is 17.9 Å². The first-order valence-corrected chi connectivity index (χ1v) is 10.4. The van der Waals surface area contributed by atoms with Crippen LogP contribution in [0.4, 0.5) is 0 Å². The van der Waals surface area contributed by atoms with Crippen LogP contribution in [-0.2, 0) is 11.2 Å². The highest BCUT2D eigenvalue weighted by molar-refractivity contribution is 7.97. The van der Waals surface area contributed by atoms with E-state index in [2.05, 4.69) is 16.5 Å². The lowest BCUT2D eigenvalue weighted by molar-refractivity contribution is -0.118. The first-order chi connectivity index (χ1) is 14.5. The SMILES string of the molecule is NCC(=O)NC1=CC2C=C(C=C1)CCc1c(C(N)=O)nn(-c3ccc(SN)cc3)c12. The van der Waals surface area contributed by atoms with Gasteiger partial charge in [0.15, 0.2) is 5.69 Å². The zero-order chi connectivity index (χ0) is 21.3. The summed E-state index contributed by atoms with van der Waals surface area (Å²) in [6.45, 7) is -0.101. The summed E-state index contributed by atoms with van der Waals surface area (Å²) in [5.74, 6) is -1.04. The lowest BCUT2D eigenvalue weighted by Crippen LogP contribution is -2.29. The minimum Gasteiger partial charge on any atom is -0.364 e. The number of aromatic nitrogens is 2. The number of hydrogen-bond donors (Lipinski definition) is 4. The van der Waals surface area contributed by atoms with Gasteiger partial charge in [-0.3, -0.25) is 14.7 Å². The van der Waals surface area contributed by atoms with Crippen molar-refractivity contribution in [3.63, 3.8) is 0 Å². The number of rotatable bonds is 5. The Bertz CT molecular complexity index is 1100. The fraction of sp³-hybridized carbons (Fsp3) is 0.190. The zero-order valence-corrected chi connectivity index (χ0v) is 17.0. The van der Waals surface area contributed by atoms with Gasteiger partial charge in [-0.15, -0.1) is 0 Å². The minimum atomic E-state index is -0.561. The summed E-state index contributed by atoms with van der Waals surface area (Å²) in [6.07, 6.45) is 9.29. The molecule has 0 fully saturated rings. The number of nitrogens with zero attached hydrogens (tertiary/aromatic N) is 2. The normalized spacial score (nSPS) is 17.3. The molecular formula is C21H22N6O2S. The number of hydrogen-bond acceptors (Lipinski definition) is 6. The molecule has 0 radical (unpaired) electrons. The summed E-state index contributed by atoms with van der Waals surface area (Å²) in [5, 5.41) is 13.0. The molecule has 4 rings (SSSR count). The maximum atomic E-state index is 12.1.